The van der Waals surface area contributed by atoms with Gasteiger partial charge in [0.15, 0.2) is 23.8 Å². The van der Waals surface area contributed by atoms with Crippen molar-refractivity contribution in [2.45, 2.75) is 0 Å². The van der Waals surface area contributed by atoms with Crippen molar-refractivity contribution in [2.75, 3.05) is 26.1 Å². The maximum atomic E-state index is 12.3. The average molecular weight is 476 g/mol. The van der Waals surface area contributed by atoms with Gasteiger partial charge in [0.25, 0.3) is 11.8 Å². The number of halogens is 1. The molecule has 0 aliphatic heterocycles. The fourth-order valence-corrected chi connectivity index (χ4v) is 3.23. The van der Waals surface area contributed by atoms with E-state index in [-0.39, 0.29) is 23.9 Å². The maximum absolute atomic E-state index is 12.3. The lowest BCUT2D eigenvalue weighted by Gasteiger charge is -2.14. The number of methoxy groups -OCH3 is 2. The molecule has 0 fully saturated rings. The van der Waals surface area contributed by atoms with Gasteiger partial charge in [-0.25, -0.2) is 0 Å². The van der Waals surface area contributed by atoms with Crippen molar-refractivity contribution in [3.63, 3.8) is 0 Å². The summed E-state index contributed by atoms with van der Waals surface area (Å²) in [5, 5.41) is 12.8. The number of hydrogen-bond donors (Lipinski definition) is 3. The van der Waals surface area contributed by atoms with E-state index in [1.54, 1.807) is 36.4 Å². The molecule has 30 heavy (non-hydrogen) atoms. The predicted molar refractivity (Wildman–Crippen MR) is 112 cm³/mol. The summed E-state index contributed by atoms with van der Waals surface area (Å²) < 4.78 is 16.7. The van der Waals surface area contributed by atoms with Crippen LogP contribution < -0.4 is 25.3 Å². The Balaban J connectivity index is 1.78. The van der Waals surface area contributed by atoms with Crippen LogP contribution in [-0.4, -0.2) is 48.1 Å². The van der Waals surface area contributed by atoms with Crippen LogP contribution in [0.1, 0.15) is 10.5 Å². The summed E-state index contributed by atoms with van der Waals surface area (Å²) in [6, 6.07) is 10.3. The Hall–Kier alpha value is -3.60. The van der Waals surface area contributed by atoms with Crippen molar-refractivity contribution in [3.05, 3.63) is 46.6 Å². The minimum Gasteiger partial charge on any atom is -0.495 e. The number of carbonyl (C=O) groups excluding carboxylic acids is 2. The zero-order valence-corrected chi connectivity index (χ0v) is 17.6. The number of aromatic amines is 1. The molecule has 0 bridgehead atoms. The van der Waals surface area contributed by atoms with Crippen LogP contribution in [-0.2, 0) is 4.79 Å². The fraction of sp³-hybridized carbons (Fsp3) is 0.158. The van der Waals surface area contributed by atoms with Gasteiger partial charge in [0, 0.05) is 5.56 Å². The molecule has 0 saturated heterocycles. The van der Waals surface area contributed by atoms with Gasteiger partial charge >= 0.3 is 0 Å². The Bertz CT molecular complexity index is 1080. The highest BCUT2D eigenvalue weighted by molar-refractivity contribution is 9.10. The summed E-state index contributed by atoms with van der Waals surface area (Å²) in [5.74, 6) is 0.0579. The first-order valence-corrected chi connectivity index (χ1v) is 9.38. The third-order valence-electron chi connectivity index (χ3n) is 4.01. The zero-order chi connectivity index (χ0) is 21.7. The molecule has 2 aromatic carbocycles. The second-order valence-electron chi connectivity index (χ2n) is 5.91. The number of rotatable bonds is 8. The average Bonchev–Trinajstić information content (AvgIpc) is 3.23. The number of primary amides is 1. The van der Waals surface area contributed by atoms with Crippen LogP contribution in [0.3, 0.4) is 0 Å². The number of carbonyl (C=O) groups is 2. The van der Waals surface area contributed by atoms with Gasteiger partial charge in [-0.2, -0.15) is 15.4 Å². The topological polar surface area (TPSA) is 141 Å². The maximum Gasteiger partial charge on any atom is 0.271 e. The largest absolute Gasteiger partial charge is 0.495 e. The van der Waals surface area contributed by atoms with E-state index >= 15 is 0 Å². The highest BCUT2D eigenvalue weighted by Crippen LogP contribution is 2.39. The summed E-state index contributed by atoms with van der Waals surface area (Å²) in [7, 11) is 2.97. The first-order chi connectivity index (χ1) is 14.4. The van der Waals surface area contributed by atoms with Crippen LogP contribution in [0.15, 0.2) is 40.9 Å². The number of aromatic nitrogens is 3. The van der Waals surface area contributed by atoms with Crippen LogP contribution in [0.4, 0.5) is 5.69 Å². The Morgan fingerprint density at radius 2 is 1.87 bits per heavy atom. The molecule has 0 unspecified atom stereocenters. The standard InChI is InChI=1S/C19H18BrN5O5/c1-28-13-6-4-3-5-12(13)22-15(26)9-30-18-11(20)7-10(8-14(18)29-2)16-17(19(21)27)24-25-23-16/h3-8H,9H2,1-2H3,(H2,21,27)(H,22,26)(H,23,24,25). The third-order valence-corrected chi connectivity index (χ3v) is 4.60. The molecule has 3 rings (SSSR count). The van der Waals surface area contributed by atoms with E-state index < -0.39 is 5.91 Å². The summed E-state index contributed by atoms with van der Waals surface area (Å²) >= 11 is 3.39. The Morgan fingerprint density at radius 3 is 2.57 bits per heavy atom. The molecule has 11 heteroatoms. The molecule has 0 saturated carbocycles. The number of nitrogens with two attached hydrogens (primary N) is 1. The number of ether oxygens (including phenoxy) is 3. The van der Waals surface area contributed by atoms with Crippen molar-refractivity contribution in [1.29, 1.82) is 0 Å². The van der Waals surface area contributed by atoms with Crippen LogP contribution in [0.25, 0.3) is 11.3 Å². The molecule has 0 aliphatic carbocycles. The molecule has 10 nitrogen and oxygen atoms in total. The van der Waals surface area contributed by atoms with Crippen molar-refractivity contribution < 1.29 is 23.8 Å². The Kier molecular flexibility index (Phi) is 6.52. The lowest BCUT2D eigenvalue weighted by Crippen LogP contribution is -2.20. The van der Waals surface area contributed by atoms with Crippen molar-refractivity contribution in [2.24, 2.45) is 5.73 Å². The lowest BCUT2D eigenvalue weighted by atomic mass is 10.1. The molecule has 0 aliphatic rings. The first-order valence-electron chi connectivity index (χ1n) is 8.58. The molecule has 1 aromatic heterocycles. The van der Waals surface area contributed by atoms with Gasteiger partial charge in [-0.05, 0) is 40.2 Å². The van der Waals surface area contributed by atoms with Crippen LogP contribution >= 0.6 is 15.9 Å². The number of nitrogens with zero attached hydrogens (tertiary/aromatic N) is 2. The van der Waals surface area contributed by atoms with E-state index in [2.05, 4.69) is 36.7 Å². The first kappa shape index (κ1) is 21.1. The molecule has 0 atom stereocenters. The van der Waals surface area contributed by atoms with Crippen molar-refractivity contribution in [1.82, 2.24) is 15.4 Å². The number of amides is 2. The number of para-hydroxylation sites is 2. The molecule has 156 valence electrons. The fourth-order valence-electron chi connectivity index (χ4n) is 2.67. The number of anilines is 1. The summed E-state index contributed by atoms with van der Waals surface area (Å²) in [6.45, 7) is -0.275. The van der Waals surface area contributed by atoms with Crippen molar-refractivity contribution >= 4 is 33.4 Å². The van der Waals surface area contributed by atoms with E-state index in [0.717, 1.165) is 0 Å². The molecular formula is C19H18BrN5O5. The number of H-pyrrole nitrogens is 1. The molecule has 1 heterocycles. The Morgan fingerprint density at radius 1 is 1.13 bits per heavy atom. The second-order valence-corrected chi connectivity index (χ2v) is 6.77. The number of hydrogen-bond acceptors (Lipinski definition) is 7. The van der Waals surface area contributed by atoms with E-state index in [0.29, 0.717) is 33.0 Å². The molecule has 2 amide bonds. The SMILES string of the molecule is COc1ccccc1NC(=O)COc1c(Br)cc(-c2n[nH]nc2C(N)=O)cc1OC. The van der Waals surface area contributed by atoms with E-state index in [1.807, 2.05) is 0 Å². The van der Waals surface area contributed by atoms with Gasteiger partial charge < -0.3 is 25.3 Å². The molecule has 0 radical (unpaired) electrons. The number of benzene rings is 2. The van der Waals surface area contributed by atoms with E-state index in [4.69, 9.17) is 19.9 Å². The predicted octanol–water partition coefficient (Wildman–Crippen LogP) is 2.37. The van der Waals surface area contributed by atoms with E-state index in [1.165, 1.54) is 14.2 Å². The molecule has 0 spiro atoms. The summed E-state index contributed by atoms with van der Waals surface area (Å²) in [6.07, 6.45) is 0. The molecule has 4 N–H and O–H groups in total. The van der Waals surface area contributed by atoms with E-state index in [9.17, 15) is 9.59 Å². The van der Waals surface area contributed by atoms with Gasteiger partial charge in [0.1, 0.15) is 11.4 Å². The smallest absolute Gasteiger partial charge is 0.271 e. The molecule has 3 aromatic rings. The number of nitrogens with one attached hydrogen (secondary N) is 2. The summed E-state index contributed by atoms with van der Waals surface area (Å²) in [4.78, 5) is 23.8. The zero-order valence-electron chi connectivity index (χ0n) is 16.1. The minimum atomic E-state index is -0.720. The van der Waals surface area contributed by atoms with Crippen LogP contribution in [0, 0.1) is 0 Å². The Labute approximate surface area is 179 Å². The minimum absolute atomic E-state index is 0.00573. The van der Waals surface area contributed by atoms with Crippen LogP contribution in [0.2, 0.25) is 0 Å². The monoisotopic (exact) mass is 475 g/mol. The highest BCUT2D eigenvalue weighted by atomic mass is 79.9. The van der Waals surface area contributed by atoms with Crippen molar-refractivity contribution in [3.8, 4) is 28.5 Å². The van der Waals surface area contributed by atoms with Crippen LogP contribution in [0.5, 0.6) is 17.2 Å². The lowest BCUT2D eigenvalue weighted by molar-refractivity contribution is -0.118. The van der Waals surface area contributed by atoms with Gasteiger partial charge in [0.05, 0.1) is 24.4 Å². The van der Waals surface area contributed by atoms with Gasteiger partial charge in [0.2, 0.25) is 0 Å². The normalized spacial score (nSPS) is 10.4. The molecular weight excluding hydrogens is 458 g/mol. The summed E-state index contributed by atoms with van der Waals surface area (Å²) in [5.41, 5.74) is 6.63. The van der Waals surface area contributed by atoms with Gasteiger partial charge in [-0.1, -0.05) is 12.1 Å². The van der Waals surface area contributed by atoms with Gasteiger partial charge in [-0.3, -0.25) is 9.59 Å². The quantitative estimate of drug-likeness (QED) is 0.453. The van der Waals surface area contributed by atoms with Gasteiger partial charge in [-0.15, -0.1) is 0 Å². The third kappa shape index (κ3) is 4.51. The highest BCUT2D eigenvalue weighted by Gasteiger charge is 2.20. The second kappa shape index (κ2) is 9.27.